The number of benzene rings is 1. The maximum absolute atomic E-state index is 2.33. The lowest BCUT2D eigenvalue weighted by molar-refractivity contribution is 0.302. The van der Waals surface area contributed by atoms with E-state index in [4.69, 9.17) is 0 Å². The van der Waals surface area contributed by atoms with Crippen molar-refractivity contribution in [1.82, 2.24) is 4.90 Å². The smallest absolute Gasteiger partial charge is 0.0334 e. The van der Waals surface area contributed by atoms with Crippen molar-refractivity contribution in [3.8, 4) is 0 Å². The number of nitrogens with zero attached hydrogens (tertiary/aromatic N) is 1. The van der Waals surface area contributed by atoms with Crippen molar-refractivity contribution in [3.05, 3.63) is 35.9 Å². The fourth-order valence-corrected chi connectivity index (χ4v) is 3.55. The number of thioether (sulfide) groups is 1. The topological polar surface area (TPSA) is 3.24 Å². The SMILES string of the molecule is CCCC[C@@H](CN(C)C)[C@H](SC)c1ccccc1. The van der Waals surface area contributed by atoms with Gasteiger partial charge in [-0.2, -0.15) is 11.8 Å². The first kappa shape index (κ1) is 15.6. The molecule has 18 heavy (non-hydrogen) atoms. The summed E-state index contributed by atoms with van der Waals surface area (Å²) in [5, 5.41) is 0.625. The van der Waals surface area contributed by atoms with Gasteiger partial charge in [0.15, 0.2) is 0 Å². The van der Waals surface area contributed by atoms with E-state index in [1.54, 1.807) is 0 Å². The molecule has 1 aromatic carbocycles. The molecular formula is C16H27NS. The molecule has 2 heteroatoms. The van der Waals surface area contributed by atoms with Crippen molar-refractivity contribution in [2.24, 2.45) is 5.92 Å². The van der Waals surface area contributed by atoms with Crippen molar-refractivity contribution in [2.45, 2.75) is 31.4 Å². The third-order valence-electron chi connectivity index (χ3n) is 3.34. The fourth-order valence-electron chi connectivity index (χ4n) is 2.52. The molecule has 1 aromatic rings. The lowest BCUT2D eigenvalue weighted by Gasteiger charge is -2.28. The van der Waals surface area contributed by atoms with E-state index in [1.165, 1.54) is 31.4 Å². The fraction of sp³-hybridized carbons (Fsp3) is 0.625. The van der Waals surface area contributed by atoms with Gasteiger partial charge in [-0.15, -0.1) is 0 Å². The van der Waals surface area contributed by atoms with Crippen LogP contribution >= 0.6 is 11.8 Å². The van der Waals surface area contributed by atoms with Crippen LogP contribution in [0.5, 0.6) is 0 Å². The number of rotatable bonds is 8. The molecule has 0 unspecified atom stereocenters. The van der Waals surface area contributed by atoms with Crippen LogP contribution in [0.25, 0.3) is 0 Å². The average molecular weight is 265 g/mol. The third kappa shape index (κ3) is 5.03. The predicted octanol–water partition coefficient (Wildman–Crippen LogP) is 4.46. The van der Waals surface area contributed by atoms with Crippen LogP contribution in [-0.2, 0) is 0 Å². The Morgan fingerprint density at radius 1 is 1.17 bits per heavy atom. The molecule has 2 atom stereocenters. The summed E-state index contributed by atoms with van der Waals surface area (Å²) in [5.74, 6) is 0.748. The molecule has 0 heterocycles. The Bertz CT molecular complexity index is 310. The van der Waals surface area contributed by atoms with Gasteiger partial charge in [-0.1, -0.05) is 50.1 Å². The Kier molecular flexibility index (Phi) is 7.45. The second-order valence-electron chi connectivity index (χ2n) is 5.23. The van der Waals surface area contributed by atoms with Crippen molar-refractivity contribution in [2.75, 3.05) is 26.9 Å². The van der Waals surface area contributed by atoms with Gasteiger partial charge in [0.2, 0.25) is 0 Å². The van der Waals surface area contributed by atoms with Crippen LogP contribution in [0.3, 0.4) is 0 Å². The lowest BCUT2D eigenvalue weighted by Crippen LogP contribution is -2.25. The van der Waals surface area contributed by atoms with Crippen molar-refractivity contribution in [3.63, 3.8) is 0 Å². The van der Waals surface area contributed by atoms with Crippen molar-refractivity contribution >= 4 is 11.8 Å². The van der Waals surface area contributed by atoms with Crippen LogP contribution in [0.15, 0.2) is 30.3 Å². The minimum absolute atomic E-state index is 0.625. The molecule has 0 fully saturated rings. The first-order valence-electron chi connectivity index (χ1n) is 6.91. The van der Waals surface area contributed by atoms with Gasteiger partial charge in [0, 0.05) is 11.8 Å². The predicted molar refractivity (Wildman–Crippen MR) is 84.3 cm³/mol. The summed E-state index contributed by atoms with van der Waals surface area (Å²) < 4.78 is 0. The Morgan fingerprint density at radius 2 is 1.83 bits per heavy atom. The van der Waals surface area contributed by atoms with E-state index in [1.807, 2.05) is 11.8 Å². The minimum atomic E-state index is 0.625. The summed E-state index contributed by atoms with van der Waals surface area (Å²) >= 11 is 2.00. The highest BCUT2D eigenvalue weighted by Gasteiger charge is 2.22. The number of hydrogen-bond acceptors (Lipinski definition) is 2. The number of unbranched alkanes of at least 4 members (excludes halogenated alkanes) is 1. The largest absolute Gasteiger partial charge is 0.309 e. The summed E-state index contributed by atoms with van der Waals surface area (Å²) in [6.45, 7) is 3.46. The summed E-state index contributed by atoms with van der Waals surface area (Å²) in [6, 6.07) is 11.0. The van der Waals surface area contributed by atoms with E-state index in [2.05, 4.69) is 62.5 Å². The zero-order valence-electron chi connectivity index (χ0n) is 12.2. The van der Waals surface area contributed by atoms with Gasteiger partial charge < -0.3 is 4.90 Å². The van der Waals surface area contributed by atoms with Crippen LogP contribution in [-0.4, -0.2) is 31.8 Å². The molecule has 102 valence electrons. The summed E-state index contributed by atoms with van der Waals surface area (Å²) in [7, 11) is 4.36. The van der Waals surface area contributed by atoms with E-state index in [0.717, 1.165) is 5.92 Å². The van der Waals surface area contributed by atoms with E-state index < -0.39 is 0 Å². The van der Waals surface area contributed by atoms with Gasteiger partial charge in [0.25, 0.3) is 0 Å². The van der Waals surface area contributed by atoms with Gasteiger partial charge in [-0.05, 0) is 38.3 Å². The zero-order valence-corrected chi connectivity index (χ0v) is 13.0. The zero-order chi connectivity index (χ0) is 13.4. The summed E-state index contributed by atoms with van der Waals surface area (Å²) in [5.41, 5.74) is 1.48. The first-order chi connectivity index (χ1) is 8.69. The molecule has 0 aromatic heterocycles. The van der Waals surface area contributed by atoms with Gasteiger partial charge in [0.05, 0.1) is 0 Å². The van der Waals surface area contributed by atoms with Gasteiger partial charge in [-0.25, -0.2) is 0 Å². The Labute approximate surface area is 117 Å². The molecule has 0 aliphatic carbocycles. The van der Waals surface area contributed by atoms with Gasteiger partial charge in [0.1, 0.15) is 0 Å². The Hall–Kier alpha value is -0.470. The molecule has 0 N–H and O–H groups in total. The molecule has 0 aliphatic heterocycles. The Balaban J connectivity index is 2.79. The van der Waals surface area contributed by atoms with E-state index in [0.29, 0.717) is 5.25 Å². The van der Waals surface area contributed by atoms with Crippen LogP contribution in [0, 0.1) is 5.92 Å². The Morgan fingerprint density at radius 3 is 2.33 bits per heavy atom. The van der Waals surface area contributed by atoms with Crippen LogP contribution in [0.4, 0.5) is 0 Å². The summed E-state index contributed by atoms with van der Waals surface area (Å²) in [6.07, 6.45) is 6.20. The maximum atomic E-state index is 2.33. The lowest BCUT2D eigenvalue weighted by atomic mass is 9.93. The quantitative estimate of drug-likeness (QED) is 0.683. The van der Waals surface area contributed by atoms with Crippen molar-refractivity contribution in [1.29, 1.82) is 0 Å². The van der Waals surface area contributed by atoms with Crippen LogP contribution < -0.4 is 0 Å². The molecule has 0 saturated carbocycles. The highest BCUT2D eigenvalue weighted by Crippen LogP contribution is 2.37. The highest BCUT2D eigenvalue weighted by atomic mass is 32.2. The molecule has 0 amide bonds. The van der Waals surface area contributed by atoms with E-state index in [9.17, 15) is 0 Å². The second kappa shape index (κ2) is 8.60. The maximum Gasteiger partial charge on any atom is 0.0334 e. The monoisotopic (exact) mass is 265 g/mol. The summed E-state index contributed by atoms with van der Waals surface area (Å²) in [4.78, 5) is 2.33. The van der Waals surface area contributed by atoms with Gasteiger partial charge in [-0.3, -0.25) is 0 Å². The third-order valence-corrected chi connectivity index (χ3v) is 4.50. The molecule has 0 radical (unpaired) electrons. The molecular weight excluding hydrogens is 238 g/mol. The standard InChI is InChI=1S/C16H27NS/c1-5-6-10-15(13-17(2)3)16(18-4)14-11-8-7-9-12-14/h7-9,11-12,15-16H,5-6,10,13H2,1-4H3/t15-,16+/m0/s1. The van der Waals surface area contributed by atoms with Crippen molar-refractivity contribution < 1.29 is 0 Å². The average Bonchev–Trinajstić information content (AvgIpc) is 2.37. The number of hydrogen-bond donors (Lipinski definition) is 0. The minimum Gasteiger partial charge on any atom is -0.309 e. The molecule has 0 aliphatic rings. The first-order valence-corrected chi connectivity index (χ1v) is 8.20. The highest BCUT2D eigenvalue weighted by molar-refractivity contribution is 7.98. The molecule has 1 nitrogen and oxygen atoms in total. The molecule has 0 bridgehead atoms. The molecule has 1 rings (SSSR count). The van der Waals surface area contributed by atoms with E-state index in [-0.39, 0.29) is 0 Å². The normalized spacial score (nSPS) is 14.7. The molecule has 0 saturated heterocycles. The van der Waals surface area contributed by atoms with Gasteiger partial charge >= 0.3 is 0 Å². The van der Waals surface area contributed by atoms with Crippen LogP contribution in [0.2, 0.25) is 0 Å². The van der Waals surface area contributed by atoms with Crippen LogP contribution in [0.1, 0.15) is 37.0 Å². The van der Waals surface area contributed by atoms with E-state index >= 15 is 0 Å². The molecule has 0 spiro atoms. The second-order valence-corrected chi connectivity index (χ2v) is 6.21.